The minimum absolute atomic E-state index is 0.00647. The molecule has 6 heteroatoms. The van der Waals surface area contributed by atoms with Crippen LogP contribution >= 0.6 is 0 Å². The van der Waals surface area contributed by atoms with Crippen LogP contribution < -0.4 is 15.8 Å². The van der Waals surface area contributed by atoms with Gasteiger partial charge in [-0.25, -0.2) is 0 Å². The second-order valence-corrected chi connectivity index (χ2v) is 5.00. The lowest BCUT2D eigenvalue weighted by Crippen LogP contribution is -2.45. The Morgan fingerprint density at radius 3 is 2.81 bits per heavy atom. The van der Waals surface area contributed by atoms with Crippen molar-refractivity contribution in [3.63, 3.8) is 0 Å². The van der Waals surface area contributed by atoms with Crippen molar-refractivity contribution >= 4 is 11.8 Å². The second-order valence-electron chi connectivity index (χ2n) is 5.00. The van der Waals surface area contributed by atoms with Crippen LogP contribution in [-0.2, 0) is 9.59 Å². The van der Waals surface area contributed by atoms with Crippen LogP contribution in [-0.4, -0.2) is 49.0 Å². The standard InChI is InChI=1S/C15H21N3O3/c16-9-12-5-4-8-18(12)15(20)10-17-14(19)11-21-13-6-2-1-3-7-13/h1-3,6-7,12H,4-5,8-11,16H2,(H,17,19). The van der Waals surface area contributed by atoms with Gasteiger partial charge in [-0.1, -0.05) is 18.2 Å². The lowest BCUT2D eigenvalue weighted by Gasteiger charge is -2.23. The van der Waals surface area contributed by atoms with Gasteiger partial charge in [-0.2, -0.15) is 0 Å². The molecule has 1 heterocycles. The van der Waals surface area contributed by atoms with Gasteiger partial charge >= 0.3 is 0 Å². The minimum atomic E-state index is -0.310. The van der Waals surface area contributed by atoms with E-state index in [0.717, 1.165) is 19.4 Å². The van der Waals surface area contributed by atoms with E-state index >= 15 is 0 Å². The maximum Gasteiger partial charge on any atom is 0.258 e. The molecule has 3 N–H and O–H groups in total. The van der Waals surface area contributed by atoms with Crippen molar-refractivity contribution in [3.8, 4) is 5.75 Å². The van der Waals surface area contributed by atoms with Gasteiger partial charge in [-0.05, 0) is 25.0 Å². The summed E-state index contributed by atoms with van der Waals surface area (Å²) in [7, 11) is 0. The van der Waals surface area contributed by atoms with Crippen LogP contribution in [0.2, 0.25) is 0 Å². The fraction of sp³-hybridized carbons (Fsp3) is 0.467. The first-order valence-corrected chi connectivity index (χ1v) is 7.15. The molecule has 0 spiro atoms. The van der Waals surface area contributed by atoms with Crippen molar-refractivity contribution in [2.45, 2.75) is 18.9 Å². The number of nitrogens with one attached hydrogen (secondary N) is 1. The largest absolute Gasteiger partial charge is 0.484 e. The van der Waals surface area contributed by atoms with Crippen molar-refractivity contribution in [3.05, 3.63) is 30.3 Å². The van der Waals surface area contributed by atoms with Crippen molar-refractivity contribution in [1.29, 1.82) is 0 Å². The number of ether oxygens (including phenoxy) is 1. The molecular formula is C15H21N3O3. The molecule has 114 valence electrons. The summed E-state index contributed by atoms with van der Waals surface area (Å²) in [6, 6.07) is 9.18. The Morgan fingerprint density at radius 1 is 1.33 bits per heavy atom. The maximum atomic E-state index is 12.0. The number of para-hydroxylation sites is 1. The Morgan fingerprint density at radius 2 is 2.10 bits per heavy atom. The number of nitrogens with zero attached hydrogens (tertiary/aromatic N) is 1. The first kappa shape index (κ1) is 15.3. The van der Waals surface area contributed by atoms with Crippen LogP contribution in [0.1, 0.15) is 12.8 Å². The Labute approximate surface area is 124 Å². The van der Waals surface area contributed by atoms with Crippen molar-refractivity contribution in [2.75, 3.05) is 26.2 Å². The Hall–Kier alpha value is -2.08. The molecule has 21 heavy (non-hydrogen) atoms. The summed E-state index contributed by atoms with van der Waals surface area (Å²) in [5.41, 5.74) is 5.63. The number of rotatable bonds is 6. The molecule has 1 aliphatic rings. The SMILES string of the molecule is NCC1CCCN1C(=O)CNC(=O)COc1ccccc1. The lowest BCUT2D eigenvalue weighted by molar-refractivity contribution is -0.133. The first-order valence-electron chi connectivity index (χ1n) is 7.15. The van der Waals surface area contributed by atoms with E-state index in [-0.39, 0.29) is 31.0 Å². The normalized spacial score (nSPS) is 17.6. The van der Waals surface area contributed by atoms with Crippen molar-refractivity contribution in [2.24, 2.45) is 5.73 Å². The molecule has 0 bridgehead atoms. The summed E-state index contributed by atoms with van der Waals surface area (Å²) in [6.07, 6.45) is 1.91. The van der Waals surface area contributed by atoms with Gasteiger partial charge in [0.2, 0.25) is 5.91 Å². The molecule has 0 aliphatic carbocycles. The van der Waals surface area contributed by atoms with E-state index < -0.39 is 0 Å². The third kappa shape index (κ3) is 4.46. The smallest absolute Gasteiger partial charge is 0.258 e. The van der Waals surface area contributed by atoms with Crippen LogP contribution in [0, 0.1) is 0 Å². The van der Waals surface area contributed by atoms with Crippen LogP contribution in [0.25, 0.3) is 0 Å². The summed E-state index contributed by atoms with van der Waals surface area (Å²) in [5, 5.41) is 2.58. The van der Waals surface area contributed by atoms with Crippen LogP contribution in [0.5, 0.6) is 5.75 Å². The molecule has 1 unspecified atom stereocenters. The highest BCUT2D eigenvalue weighted by atomic mass is 16.5. The van der Waals surface area contributed by atoms with E-state index in [1.807, 2.05) is 18.2 Å². The fourth-order valence-electron chi connectivity index (χ4n) is 2.40. The monoisotopic (exact) mass is 291 g/mol. The van der Waals surface area contributed by atoms with E-state index in [1.54, 1.807) is 17.0 Å². The van der Waals surface area contributed by atoms with E-state index in [4.69, 9.17) is 10.5 Å². The van der Waals surface area contributed by atoms with Gasteiger partial charge in [0, 0.05) is 19.1 Å². The summed E-state index contributed by atoms with van der Waals surface area (Å²) in [5.74, 6) is 0.230. The molecule has 2 rings (SSSR count). The van der Waals surface area contributed by atoms with E-state index in [0.29, 0.717) is 12.3 Å². The molecule has 0 radical (unpaired) electrons. The molecule has 0 aromatic heterocycles. The second kappa shape index (κ2) is 7.64. The highest BCUT2D eigenvalue weighted by Crippen LogP contribution is 2.15. The Balaban J connectivity index is 1.70. The van der Waals surface area contributed by atoms with Gasteiger partial charge in [0.15, 0.2) is 6.61 Å². The Bertz CT molecular complexity index is 478. The molecule has 0 saturated carbocycles. The first-order chi connectivity index (χ1) is 10.2. The third-order valence-electron chi connectivity index (χ3n) is 3.52. The quantitative estimate of drug-likeness (QED) is 0.780. The molecule has 1 aromatic rings. The number of benzene rings is 1. The zero-order chi connectivity index (χ0) is 15.1. The molecule has 1 aliphatic heterocycles. The molecule has 6 nitrogen and oxygen atoms in total. The number of likely N-dealkylation sites (tertiary alicyclic amines) is 1. The number of hydrogen-bond acceptors (Lipinski definition) is 4. The van der Waals surface area contributed by atoms with Crippen molar-refractivity contribution in [1.82, 2.24) is 10.2 Å². The average Bonchev–Trinajstić information content (AvgIpc) is 3.00. The topological polar surface area (TPSA) is 84.7 Å². The zero-order valence-corrected chi connectivity index (χ0v) is 12.0. The number of carbonyl (C=O) groups excluding carboxylic acids is 2. The Kier molecular flexibility index (Phi) is 5.57. The summed E-state index contributed by atoms with van der Waals surface area (Å²) in [4.78, 5) is 25.4. The van der Waals surface area contributed by atoms with Gasteiger partial charge in [0.25, 0.3) is 5.91 Å². The molecule has 2 amide bonds. The maximum absolute atomic E-state index is 12.0. The van der Waals surface area contributed by atoms with Gasteiger partial charge in [0.05, 0.1) is 6.54 Å². The molecular weight excluding hydrogens is 270 g/mol. The van der Waals surface area contributed by atoms with E-state index in [9.17, 15) is 9.59 Å². The summed E-state index contributed by atoms with van der Waals surface area (Å²) < 4.78 is 5.31. The highest BCUT2D eigenvalue weighted by Gasteiger charge is 2.27. The minimum Gasteiger partial charge on any atom is -0.484 e. The van der Waals surface area contributed by atoms with Crippen LogP contribution in [0.4, 0.5) is 0 Å². The predicted molar refractivity (Wildman–Crippen MR) is 78.7 cm³/mol. The summed E-state index contributed by atoms with van der Waals surface area (Å²) in [6.45, 7) is 1.08. The van der Waals surface area contributed by atoms with Gasteiger partial charge in [-0.3, -0.25) is 9.59 Å². The summed E-state index contributed by atoms with van der Waals surface area (Å²) >= 11 is 0. The zero-order valence-electron chi connectivity index (χ0n) is 12.0. The van der Waals surface area contributed by atoms with Crippen LogP contribution in [0.3, 0.4) is 0 Å². The lowest BCUT2D eigenvalue weighted by atomic mass is 10.2. The number of amides is 2. The number of nitrogens with two attached hydrogens (primary N) is 1. The van der Waals surface area contributed by atoms with Crippen LogP contribution in [0.15, 0.2) is 30.3 Å². The van der Waals surface area contributed by atoms with Gasteiger partial charge in [0.1, 0.15) is 5.75 Å². The molecule has 1 atom stereocenters. The molecule has 1 aromatic carbocycles. The average molecular weight is 291 g/mol. The van der Waals surface area contributed by atoms with Gasteiger partial charge < -0.3 is 20.7 Å². The number of carbonyl (C=O) groups is 2. The predicted octanol–water partition coefficient (Wildman–Crippen LogP) is 0.131. The third-order valence-corrected chi connectivity index (χ3v) is 3.52. The van der Waals surface area contributed by atoms with E-state index in [1.165, 1.54) is 0 Å². The highest BCUT2D eigenvalue weighted by molar-refractivity contribution is 5.85. The van der Waals surface area contributed by atoms with Crippen molar-refractivity contribution < 1.29 is 14.3 Å². The number of hydrogen-bond donors (Lipinski definition) is 2. The van der Waals surface area contributed by atoms with Gasteiger partial charge in [-0.15, -0.1) is 0 Å². The molecule has 1 fully saturated rings. The molecule has 1 saturated heterocycles. The fourth-order valence-corrected chi connectivity index (χ4v) is 2.40. The van der Waals surface area contributed by atoms with E-state index in [2.05, 4.69) is 5.32 Å².